The van der Waals surface area contributed by atoms with Crippen LogP contribution in [0, 0.1) is 24.7 Å². The fourth-order valence-corrected chi connectivity index (χ4v) is 3.67. The normalized spacial score (nSPS) is 27.6. The summed E-state index contributed by atoms with van der Waals surface area (Å²) in [5, 5.41) is 12.8. The van der Waals surface area contributed by atoms with Gasteiger partial charge in [0.1, 0.15) is 18.5 Å². The number of ether oxygens (including phenoxy) is 1. The van der Waals surface area contributed by atoms with E-state index < -0.39 is 6.10 Å². The van der Waals surface area contributed by atoms with E-state index in [1.165, 1.54) is 25.7 Å². The Kier molecular flexibility index (Phi) is 4.67. The summed E-state index contributed by atoms with van der Waals surface area (Å²) in [6.07, 6.45) is 4.24. The lowest BCUT2D eigenvalue weighted by Crippen LogP contribution is -2.36. The quantitative estimate of drug-likeness (QED) is 0.847. The van der Waals surface area contributed by atoms with E-state index in [1.807, 2.05) is 31.2 Å². The van der Waals surface area contributed by atoms with Crippen LogP contribution >= 0.6 is 0 Å². The van der Waals surface area contributed by atoms with Gasteiger partial charge >= 0.3 is 0 Å². The van der Waals surface area contributed by atoms with E-state index >= 15 is 0 Å². The van der Waals surface area contributed by atoms with Crippen molar-refractivity contribution in [2.24, 2.45) is 17.8 Å². The molecule has 3 unspecified atom stereocenters. The second-order valence-electron chi connectivity index (χ2n) is 6.66. The van der Waals surface area contributed by atoms with Gasteiger partial charge in [-0.1, -0.05) is 25.0 Å². The predicted molar refractivity (Wildman–Crippen MR) is 84.6 cm³/mol. The molecule has 4 nitrogen and oxygen atoms in total. The Hall–Kier alpha value is -1.55. The van der Waals surface area contributed by atoms with Gasteiger partial charge in [0.15, 0.2) is 0 Å². The maximum Gasteiger partial charge on any atom is 0.223 e. The topological polar surface area (TPSA) is 58.6 Å². The molecule has 2 fully saturated rings. The number of amides is 1. The molecule has 22 heavy (non-hydrogen) atoms. The Bertz CT molecular complexity index is 519. The standard InChI is InChI=1S/C18H25NO3/c1-12-5-4-6-14(9-12)22-11-13(20)10-19-18(21)17-15-7-2-3-8-16(15)17/h4-6,9,13,15-17,20H,2-3,7-8,10-11H2,1H3,(H,19,21). The van der Waals surface area contributed by atoms with Crippen molar-refractivity contribution in [1.29, 1.82) is 0 Å². The number of aryl methyl sites for hydroxylation is 1. The van der Waals surface area contributed by atoms with Gasteiger partial charge in [0.25, 0.3) is 0 Å². The molecule has 1 aromatic carbocycles. The van der Waals surface area contributed by atoms with Crippen molar-refractivity contribution < 1.29 is 14.6 Å². The zero-order valence-electron chi connectivity index (χ0n) is 13.1. The number of carbonyl (C=O) groups is 1. The summed E-state index contributed by atoms with van der Waals surface area (Å²) >= 11 is 0. The van der Waals surface area contributed by atoms with E-state index in [-0.39, 0.29) is 25.0 Å². The maximum atomic E-state index is 12.1. The smallest absolute Gasteiger partial charge is 0.223 e. The number of rotatable bonds is 6. The van der Waals surface area contributed by atoms with Crippen LogP contribution in [0.15, 0.2) is 24.3 Å². The lowest BCUT2D eigenvalue weighted by atomic mass is 10.0. The van der Waals surface area contributed by atoms with Gasteiger partial charge in [0, 0.05) is 12.5 Å². The molecule has 0 radical (unpaired) electrons. The van der Waals surface area contributed by atoms with Crippen LogP contribution in [0.3, 0.4) is 0 Å². The highest BCUT2D eigenvalue weighted by Crippen LogP contribution is 2.55. The average molecular weight is 303 g/mol. The van der Waals surface area contributed by atoms with Crippen LogP contribution in [0.1, 0.15) is 31.2 Å². The Morgan fingerprint density at radius 1 is 1.36 bits per heavy atom. The summed E-state index contributed by atoms with van der Waals surface area (Å²) in [6, 6.07) is 7.72. The number of aliphatic hydroxyl groups excluding tert-OH is 1. The van der Waals surface area contributed by atoms with Gasteiger partial charge in [-0.2, -0.15) is 0 Å². The van der Waals surface area contributed by atoms with E-state index in [9.17, 15) is 9.90 Å². The molecule has 0 aromatic heterocycles. The van der Waals surface area contributed by atoms with Crippen LogP contribution < -0.4 is 10.1 Å². The first kappa shape index (κ1) is 15.3. The van der Waals surface area contributed by atoms with Gasteiger partial charge in [-0.25, -0.2) is 0 Å². The molecule has 3 atom stereocenters. The first-order chi connectivity index (χ1) is 10.6. The summed E-state index contributed by atoms with van der Waals surface area (Å²) < 4.78 is 5.55. The summed E-state index contributed by atoms with van der Waals surface area (Å²) in [7, 11) is 0. The van der Waals surface area contributed by atoms with Gasteiger partial charge < -0.3 is 15.2 Å². The Balaban J connectivity index is 1.37. The van der Waals surface area contributed by atoms with Gasteiger partial charge in [-0.15, -0.1) is 0 Å². The van der Waals surface area contributed by atoms with Crippen molar-refractivity contribution in [3.8, 4) is 5.75 Å². The Morgan fingerprint density at radius 2 is 2.09 bits per heavy atom. The molecule has 0 bridgehead atoms. The SMILES string of the molecule is Cc1cccc(OCC(O)CNC(=O)C2C3CCCCC32)c1. The van der Waals surface area contributed by atoms with Crippen molar-refractivity contribution in [2.45, 2.75) is 38.7 Å². The largest absolute Gasteiger partial charge is 0.491 e. The lowest BCUT2D eigenvalue weighted by Gasteiger charge is -2.13. The second-order valence-corrected chi connectivity index (χ2v) is 6.66. The predicted octanol–water partition coefficient (Wildman–Crippen LogP) is 2.29. The fraction of sp³-hybridized carbons (Fsp3) is 0.611. The second kappa shape index (κ2) is 6.69. The molecule has 0 spiro atoms. The summed E-state index contributed by atoms with van der Waals surface area (Å²) in [6.45, 7) is 2.46. The summed E-state index contributed by atoms with van der Waals surface area (Å²) in [4.78, 5) is 12.1. The summed E-state index contributed by atoms with van der Waals surface area (Å²) in [5.74, 6) is 2.28. The van der Waals surface area contributed by atoms with Crippen molar-refractivity contribution in [2.75, 3.05) is 13.2 Å². The Morgan fingerprint density at radius 3 is 2.77 bits per heavy atom. The number of fused-ring (bicyclic) bond motifs is 1. The molecule has 3 rings (SSSR count). The molecular formula is C18H25NO3. The van der Waals surface area contributed by atoms with Gasteiger partial charge in [0.05, 0.1) is 0 Å². The van der Waals surface area contributed by atoms with Crippen molar-refractivity contribution in [1.82, 2.24) is 5.32 Å². The highest BCUT2D eigenvalue weighted by Gasteiger charge is 2.54. The van der Waals surface area contributed by atoms with E-state index in [4.69, 9.17) is 4.74 Å². The van der Waals surface area contributed by atoms with Crippen molar-refractivity contribution in [3.05, 3.63) is 29.8 Å². The van der Waals surface area contributed by atoms with Crippen molar-refractivity contribution >= 4 is 5.91 Å². The molecule has 0 aliphatic heterocycles. The molecule has 120 valence electrons. The van der Waals surface area contributed by atoms with Crippen molar-refractivity contribution in [3.63, 3.8) is 0 Å². The van der Waals surface area contributed by atoms with Crippen LogP contribution in [0.4, 0.5) is 0 Å². The zero-order chi connectivity index (χ0) is 15.5. The molecule has 1 aromatic rings. The van der Waals surface area contributed by atoms with E-state index in [0.29, 0.717) is 11.8 Å². The zero-order valence-corrected chi connectivity index (χ0v) is 13.1. The number of carbonyl (C=O) groups excluding carboxylic acids is 1. The first-order valence-corrected chi connectivity index (χ1v) is 8.30. The number of benzene rings is 1. The van der Waals surface area contributed by atoms with Gasteiger partial charge in [-0.3, -0.25) is 4.79 Å². The number of nitrogens with one attached hydrogen (secondary N) is 1. The minimum Gasteiger partial charge on any atom is -0.491 e. The molecule has 0 saturated heterocycles. The van der Waals surface area contributed by atoms with Crippen LogP contribution in [0.25, 0.3) is 0 Å². The number of aliphatic hydroxyl groups is 1. The molecule has 0 heterocycles. The third-order valence-electron chi connectivity index (χ3n) is 4.90. The molecule has 2 aliphatic carbocycles. The molecule has 2 N–H and O–H groups in total. The lowest BCUT2D eigenvalue weighted by molar-refractivity contribution is -0.123. The minimum atomic E-state index is -0.676. The molecular weight excluding hydrogens is 278 g/mol. The third kappa shape index (κ3) is 3.61. The fourth-order valence-electron chi connectivity index (χ4n) is 3.67. The minimum absolute atomic E-state index is 0.117. The van der Waals surface area contributed by atoms with Crippen LogP contribution in [0.2, 0.25) is 0 Å². The van der Waals surface area contributed by atoms with Crippen LogP contribution in [-0.4, -0.2) is 30.3 Å². The highest BCUT2D eigenvalue weighted by atomic mass is 16.5. The Labute approximate surface area is 131 Å². The molecule has 2 aliphatic rings. The average Bonchev–Trinajstić information content (AvgIpc) is 3.25. The maximum absolute atomic E-state index is 12.1. The highest BCUT2D eigenvalue weighted by molar-refractivity contribution is 5.82. The van der Waals surface area contributed by atoms with E-state index in [2.05, 4.69) is 5.32 Å². The third-order valence-corrected chi connectivity index (χ3v) is 4.90. The first-order valence-electron chi connectivity index (χ1n) is 8.30. The van der Waals surface area contributed by atoms with E-state index in [0.717, 1.165) is 11.3 Å². The molecule has 2 saturated carbocycles. The number of hydrogen-bond donors (Lipinski definition) is 2. The molecule has 1 amide bonds. The number of hydrogen-bond acceptors (Lipinski definition) is 3. The van der Waals surface area contributed by atoms with Crippen LogP contribution in [0.5, 0.6) is 5.75 Å². The molecule has 4 heteroatoms. The summed E-state index contributed by atoms with van der Waals surface area (Å²) in [5.41, 5.74) is 1.12. The van der Waals surface area contributed by atoms with Gasteiger partial charge in [0.2, 0.25) is 5.91 Å². The van der Waals surface area contributed by atoms with Crippen LogP contribution in [-0.2, 0) is 4.79 Å². The van der Waals surface area contributed by atoms with E-state index in [1.54, 1.807) is 0 Å². The van der Waals surface area contributed by atoms with Gasteiger partial charge in [-0.05, 0) is 49.3 Å². The monoisotopic (exact) mass is 303 g/mol.